The summed E-state index contributed by atoms with van der Waals surface area (Å²) in [6.07, 6.45) is 23.9. The molecule has 0 unspecified atom stereocenters. The summed E-state index contributed by atoms with van der Waals surface area (Å²) < 4.78 is 18.3. The molecule has 0 N–H and O–H groups in total. The van der Waals surface area contributed by atoms with Crippen molar-refractivity contribution >= 4 is 61.5 Å². The number of rotatable bonds is 1. The summed E-state index contributed by atoms with van der Waals surface area (Å²) in [5.41, 5.74) is 6.05. The number of fused-ring (bicyclic) bond motifs is 13. The first-order valence-electron chi connectivity index (χ1n) is 13.7. The van der Waals surface area contributed by atoms with Crippen molar-refractivity contribution in [3.63, 3.8) is 0 Å². The summed E-state index contributed by atoms with van der Waals surface area (Å²) in [4.78, 5) is 4.75. The van der Waals surface area contributed by atoms with Gasteiger partial charge in [-0.2, -0.15) is 4.98 Å². The second-order valence-electron chi connectivity index (χ2n) is 10.5. The number of para-hydroxylation sites is 3. The number of imidazole rings is 1. The zero-order valence-electron chi connectivity index (χ0n) is 21.6. The Morgan fingerprint density at radius 1 is 0.600 bits per heavy atom. The van der Waals surface area contributed by atoms with Crippen LogP contribution in [-0.2, 0) is 0 Å². The van der Waals surface area contributed by atoms with Gasteiger partial charge in [0.15, 0.2) is 5.58 Å². The second-order valence-corrected chi connectivity index (χ2v) is 10.5. The molecule has 0 bridgehead atoms. The average molecular weight is 514 g/mol. The number of aromatic nitrogens is 2. The molecular formula is C29H22B4N6O. The molecule has 0 aliphatic carbocycles. The van der Waals surface area contributed by atoms with Crippen LogP contribution in [-0.4, -0.2) is 56.2 Å². The number of allylic oxidation sites excluding steroid dienone is 8. The van der Waals surface area contributed by atoms with Gasteiger partial charge in [-0.3, -0.25) is 4.40 Å². The van der Waals surface area contributed by atoms with Crippen molar-refractivity contribution in [2.75, 3.05) is 0 Å². The lowest BCUT2D eigenvalue weighted by molar-refractivity contribution is 0.622. The molecule has 11 heteroatoms. The summed E-state index contributed by atoms with van der Waals surface area (Å²) >= 11 is 0. The zero-order valence-corrected chi connectivity index (χ0v) is 21.6. The Labute approximate surface area is 233 Å². The third-order valence-electron chi connectivity index (χ3n) is 8.43. The maximum absolute atomic E-state index is 6.44. The summed E-state index contributed by atoms with van der Waals surface area (Å²) in [7, 11) is 0. The van der Waals surface area contributed by atoms with Crippen LogP contribution in [0.15, 0.2) is 138 Å². The minimum absolute atomic E-state index is 0.0229. The van der Waals surface area contributed by atoms with E-state index in [-0.39, 0.29) is 27.9 Å². The van der Waals surface area contributed by atoms with E-state index in [2.05, 4.69) is 139 Å². The highest BCUT2D eigenvalue weighted by molar-refractivity contribution is 6.92. The second kappa shape index (κ2) is 8.29. The molecule has 1 saturated heterocycles. The Balaban J connectivity index is 1.21. The van der Waals surface area contributed by atoms with Crippen LogP contribution >= 0.6 is 0 Å². The van der Waals surface area contributed by atoms with Crippen molar-refractivity contribution in [3.05, 3.63) is 139 Å². The average Bonchev–Trinajstić information content (AvgIpc) is 3.56. The highest BCUT2D eigenvalue weighted by Crippen LogP contribution is 2.35. The number of hydrogen-bond donors (Lipinski definition) is 0. The molecule has 186 valence electrons. The number of benzene rings is 2. The highest BCUT2D eigenvalue weighted by Gasteiger charge is 2.49. The highest BCUT2D eigenvalue weighted by atomic mass is 16.4. The molecule has 2 aromatic heterocycles. The molecule has 0 saturated carbocycles. The summed E-state index contributed by atoms with van der Waals surface area (Å²) in [6.45, 7) is 0.191. The Bertz CT molecular complexity index is 1920. The first kappa shape index (κ1) is 22.0. The van der Waals surface area contributed by atoms with Gasteiger partial charge in [-0.15, -0.1) is 0 Å². The zero-order chi connectivity index (χ0) is 26.2. The molecule has 0 radical (unpaired) electrons. The first-order chi connectivity index (χ1) is 19.8. The molecule has 7 nitrogen and oxygen atoms in total. The van der Waals surface area contributed by atoms with Crippen molar-refractivity contribution in [2.24, 2.45) is 0 Å². The fourth-order valence-corrected chi connectivity index (χ4v) is 6.65. The fraction of sp³-hybridized carbons (Fsp3) is 0. The number of hydrogen-bond acceptors (Lipinski definition) is 6. The van der Waals surface area contributed by atoms with E-state index in [1.54, 1.807) is 0 Å². The third kappa shape index (κ3) is 3.03. The molecule has 40 heavy (non-hydrogen) atoms. The SMILES string of the molecule is C1=CB2N(C=C1)B1C=CC=CN1B1C=C(c3cccc4c3oc3nc5ccccc5n34)C=CN1B1C=CC=CN21. The van der Waals surface area contributed by atoms with Gasteiger partial charge in [0.05, 0.1) is 16.6 Å². The Hall–Kier alpha value is -4.91. The van der Waals surface area contributed by atoms with Gasteiger partial charge < -0.3 is 23.3 Å². The lowest BCUT2D eigenvalue weighted by atomic mass is 9.41. The van der Waals surface area contributed by atoms with E-state index in [0.29, 0.717) is 5.84 Å². The van der Waals surface area contributed by atoms with Crippen LogP contribution in [0.1, 0.15) is 5.56 Å². The molecule has 0 spiro atoms. The van der Waals surface area contributed by atoms with E-state index in [1.807, 2.05) is 18.2 Å². The van der Waals surface area contributed by atoms with Gasteiger partial charge in [0.1, 0.15) is 0 Å². The normalized spacial score (nSPS) is 19.1. The quantitative estimate of drug-likeness (QED) is 0.343. The van der Waals surface area contributed by atoms with Crippen LogP contribution in [0.5, 0.6) is 0 Å². The van der Waals surface area contributed by atoms with Crippen molar-refractivity contribution in [2.45, 2.75) is 0 Å². The summed E-state index contributed by atoms with van der Waals surface area (Å²) in [6, 6.07) is 14.5. The molecule has 0 amide bonds. The maximum atomic E-state index is 6.44. The minimum Gasteiger partial charge on any atom is -0.423 e. The predicted molar refractivity (Wildman–Crippen MR) is 165 cm³/mol. The van der Waals surface area contributed by atoms with E-state index < -0.39 is 0 Å². The molecule has 2 aromatic carbocycles. The fourth-order valence-electron chi connectivity index (χ4n) is 6.65. The molecule has 0 atom stereocenters. The Morgan fingerprint density at radius 2 is 1.23 bits per heavy atom. The van der Waals surface area contributed by atoms with Crippen LogP contribution in [0.25, 0.3) is 33.6 Å². The maximum Gasteiger partial charge on any atom is 0.381 e. The van der Waals surface area contributed by atoms with Crippen molar-refractivity contribution < 1.29 is 4.42 Å². The Kier molecular flexibility index (Phi) is 4.55. The van der Waals surface area contributed by atoms with Crippen LogP contribution in [0, 0.1) is 0 Å². The summed E-state index contributed by atoms with van der Waals surface area (Å²) in [5.74, 6) is 9.80. The van der Waals surface area contributed by atoms with Crippen LogP contribution in [0.2, 0.25) is 0 Å². The van der Waals surface area contributed by atoms with Gasteiger partial charge in [0.2, 0.25) is 0 Å². The predicted octanol–water partition coefficient (Wildman–Crippen LogP) is 4.73. The molecule has 7 heterocycles. The standard InChI is InChI=1S/C29H22B4N6O/c1-2-12-26-25(11-1)34-29-39(26)27-13-9-10-24(28(27)40-29)23-14-21-38-32-17-4-7-19-36(32)30-15-3-6-18-35(30)31-16-5-8-20-37(31)33(38)22-23/h1-22H. The first-order valence-corrected chi connectivity index (χ1v) is 13.7. The lowest BCUT2D eigenvalue weighted by Gasteiger charge is -2.53. The van der Waals surface area contributed by atoms with Gasteiger partial charge in [-0.1, -0.05) is 66.4 Å². The van der Waals surface area contributed by atoms with E-state index in [9.17, 15) is 0 Å². The van der Waals surface area contributed by atoms with Crippen molar-refractivity contribution in [1.29, 1.82) is 0 Å². The molecule has 4 aromatic rings. The summed E-state index contributed by atoms with van der Waals surface area (Å²) in [5, 5.41) is 0. The molecule has 9 rings (SSSR count). The van der Waals surface area contributed by atoms with E-state index >= 15 is 0 Å². The largest absolute Gasteiger partial charge is 0.423 e. The topological polar surface area (TPSA) is 43.4 Å². The minimum atomic E-state index is -0.0229. The third-order valence-corrected chi connectivity index (χ3v) is 8.43. The van der Waals surface area contributed by atoms with E-state index in [0.717, 1.165) is 33.3 Å². The van der Waals surface area contributed by atoms with Crippen molar-refractivity contribution in [1.82, 2.24) is 28.3 Å². The van der Waals surface area contributed by atoms with Crippen LogP contribution < -0.4 is 0 Å². The van der Waals surface area contributed by atoms with Crippen molar-refractivity contribution in [3.8, 4) is 0 Å². The molecule has 5 aliphatic rings. The van der Waals surface area contributed by atoms with Gasteiger partial charge >= 0.3 is 33.8 Å². The number of nitrogens with zero attached hydrogens (tertiary/aromatic N) is 6. The van der Waals surface area contributed by atoms with E-state index in [4.69, 9.17) is 9.40 Å². The smallest absolute Gasteiger partial charge is 0.381 e. The lowest BCUT2D eigenvalue weighted by Crippen LogP contribution is -2.73. The molecule has 1 fully saturated rings. The van der Waals surface area contributed by atoms with Gasteiger partial charge in [-0.25, -0.2) is 0 Å². The Morgan fingerprint density at radius 3 is 1.95 bits per heavy atom. The van der Waals surface area contributed by atoms with Crippen LogP contribution in [0.4, 0.5) is 0 Å². The monoisotopic (exact) mass is 514 g/mol. The van der Waals surface area contributed by atoms with Gasteiger partial charge in [-0.05, 0) is 72.9 Å². The van der Waals surface area contributed by atoms with Crippen LogP contribution in [0.3, 0.4) is 0 Å². The molecular weight excluding hydrogens is 492 g/mol. The van der Waals surface area contributed by atoms with E-state index in [1.165, 1.54) is 0 Å². The van der Waals surface area contributed by atoms with Gasteiger partial charge in [0.25, 0.3) is 0 Å². The molecule has 5 aliphatic heterocycles. The number of oxazole rings is 1. The van der Waals surface area contributed by atoms with Gasteiger partial charge in [0, 0.05) is 5.56 Å².